The molecule has 5 aliphatic rings. The van der Waals surface area contributed by atoms with Crippen molar-refractivity contribution < 1.29 is 24.5 Å². The number of carbonyl (C=O) groups excluding carboxylic acids is 1. The van der Waals surface area contributed by atoms with Crippen LogP contribution in [-0.2, 0) is 14.3 Å². The second-order valence-electron chi connectivity index (χ2n) is 13.2. The number of fused-ring (bicyclic) bond motifs is 4. The van der Waals surface area contributed by atoms with Gasteiger partial charge in [-0.05, 0) is 94.0 Å². The first-order valence-electron chi connectivity index (χ1n) is 13.9. The first-order valence-corrected chi connectivity index (χ1v) is 13.9. The van der Waals surface area contributed by atoms with Gasteiger partial charge in [-0.3, -0.25) is 4.79 Å². The van der Waals surface area contributed by atoms with Crippen molar-refractivity contribution in [1.82, 2.24) is 0 Å². The number of hydrogen-bond acceptors (Lipinski definition) is 5. The molecule has 34 heavy (non-hydrogen) atoms. The Hall–Kier alpha value is -0.910. The van der Waals surface area contributed by atoms with Crippen molar-refractivity contribution in [3.05, 3.63) is 11.1 Å². The van der Waals surface area contributed by atoms with Gasteiger partial charge < -0.3 is 19.7 Å². The van der Waals surface area contributed by atoms with Crippen LogP contribution in [0.25, 0.3) is 0 Å². The van der Waals surface area contributed by atoms with E-state index in [0.29, 0.717) is 24.9 Å². The molecule has 3 fully saturated rings. The smallest absolute Gasteiger partial charge is 0.303 e. The summed E-state index contributed by atoms with van der Waals surface area (Å²) >= 11 is 0. The van der Waals surface area contributed by atoms with Gasteiger partial charge in [0.1, 0.15) is 11.2 Å². The monoisotopic (exact) mass is 474 g/mol. The summed E-state index contributed by atoms with van der Waals surface area (Å²) in [5.74, 6) is 1.64. The number of aliphatic hydroxyl groups excluding tert-OH is 1. The van der Waals surface area contributed by atoms with Gasteiger partial charge in [-0.2, -0.15) is 0 Å². The molecule has 0 spiro atoms. The number of hydrogen-bond donors (Lipinski definition) is 2. The second-order valence-corrected chi connectivity index (χ2v) is 13.2. The molecule has 0 radical (unpaired) electrons. The lowest BCUT2D eigenvalue weighted by atomic mass is 9.50. The Morgan fingerprint density at radius 1 is 1.24 bits per heavy atom. The lowest BCUT2D eigenvalue weighted by molar-refractivity contribution is -0.173. The minimum absolute atomic E-state index is 0.0908. The molecule has 1 heterocycles. The number of rotatable bonds is 6. The van der Waals surface area contributed by atoms with Crippen LogP contribution in [0.2, 0.25) is 0 Å². The lowest BCUT2D eigenvalue weighted by Gasteiger charge is -2.57. The molecule has 1 saturated heterocycles. The molecule has 5 rings (SSSR count). The molecule has 0 aromatic rings. The summed E-state index contributed by atoms with van der Waals surface area (Å²) in [6.07, 6.45) is 10.8. The van der Waals surface area contributed by atoms with E-state index in [9.17, 15) is 15.0 Å². The van der Waals surface area contributed by atoms with Crippen LogP contribution in [0.1, 0.15) is 105 Å². The van der Waals surface area contributed by atoms with E-state index >= 15 is 0 Å². The van der Waals surface area contributed by atoms with E-state index in [1.807, 2.05) is 13.8 Å². The summed E-state index contributed by atoms with van der Waals surface area (Å²) in [5, 5.41) is 22.2. The van der Waals surface area contributed by atoms with Gasteiger partial charge >= 0.3 is 5.97 Å². The number of epoxide rings is 1. The molecule has 0 aromatic carbocycles. The van der Waals surface area contributed by atoms with Crippen molar-refractivity contribution in [2.45, 2.75) is 128 Å². The summed E-state index contributed by atoms with van der Waals surface area (Å²) in [7, 11) is 0. The summed E-state index contributed by atoms with van der Waals surface area (Å²) in [5.41, 5.74) is 1.01. The van der Waals surface area contributed by atoms with E-state index in [2.05, 4.69) is 13.8 Å². The summed E-state index contributed by atoms with van der Waals surface area (Å²) in [4.78, 5) is 12.4. The van der Waals surface area contributed by atoms with Gasteiger partial charge in [0.2, 0.25) is 0 Å². The minimum atomic E-state index is -0.843. The topological polar surface area (TPSA) is 79.3 Å². The third-order valence-corrected chi connectivity index (χ3v) is 11.0. The normalized spacial score (nSPS) is 45.9. The third-order valence-electron chi connectivity index (χ3n) is 11.0. The molecule has 0 aromatic heterocycles. The Morgan fingerprint density at radius 2 is 1.97 bits per heavy atom. The number of ether oxygens (including phenoxy) is 2. The lowest BCUT2D eigenvalue weighted by Crippen LogP contribution is -2.55. The standard InChI is InChI=1S/C29H46O5/c1-18-8-6-14-27(5)22(18)13-11-21-23-12-10-20(9-7-15-28(17-33-28)26(3,4)32)29(23,34-19(2)30)16-24(31)25(21)27/h18,20,22-24,31-32H,6-17H2,1-5H3/t18?,20?,22?,23?,24-,27-,28?,29-/m0/s1. The first kappa shape index (κ1) is 24.8. The van der Waals surface area contributed by atoms with Crippen molar-refractivity contribution in [1.29, 1.82) is 0 Å². The van der Waals surface area contributed by atoms with Gasteiger partial charge in [0, 0.05) is 19.3 Å². The summed E-state index contributed by atoms with van der Waals surface area (Å²) < 4.78 is 12.0. The first-order chi connectivity index (χ1) is 15.9. The van der Waals surface area contributed by atoms with Crippen LogP contribution in [-0.4, -0.2) is 45.7 Å². The van der Waals surface area contributed by atoms with Crippen LogP contribution in [0.5, 0.6) is 0 Å². The molecule has 8 atom stereocenters. The van der Waals surface area contributed by atoms with E-state index < -0.39 is 22.9 Å². The second kappa shape index (κ2) is 8.31. The van der Waals surface area contributed by atoms with Crippen LogP contribution in [0.3, 0.4) is 0 Å². The maximum Gasteiger partial charge on any atom is 0.303 e. The van der Waals surface area contributed by atoms with Crippen molar-refractivity contribution in [3.8, 4) is 0 Å². The van der Waals surface area contributed by atoms with Crippen molar-refractivity contribution >= 4 is 5.97 Å². The predicted molar refractivity (Wildman–Crippen MR) is 131 cm³/mol. The summed E-state index contributed by atoms with van der Waals surface area (Å²) in [6, 6.07) is 0. The van der Waals surface area contributed by atoms with E-state index in [1.54, 1.807) is 0 Å². The summed E-state index contributed by atoms with van der Waals surface area (Å²) in [6.45, 7) is 10.6. The van der Waals surface area contributed by atoms with Crippen molar-refractivity contribution in [2.75, 3.05) is 6.61 Å². The van der Waals surface area contributed by atoms with Gasteiger partial charge in [-0.15, -0.1) is 0 Å². The average Bonchev–Trinajstić information content (AvgIpc) is 3.45. The molecular weight excluding hydrogens is 428 g/mol. The zero-order chi connectivity index (χ0) is 24.5. The van der Waals surface area contributed by atoms with Crippen molar-refractivity contribution in [2.24, 2.45) is 29.1 Å². The number of esters is 1. The Labute approximate surface area is 205 Å². The minimum Gasteiger partial charge on any atom is -0.458 e. The molecule has 192 valence electrons. The predicted octanol–water partition coefficient (Wildman–Crippen LogP) is 5.32. The quantitative estimate of drug-likeness (QED) is 0.309. The van der Waals surface area contributed by atoms with Gasteiger partial charge in [0.05, 0.1) is 18.3 Å². The Kier molecular flexibility index (Phi) is 6.06. The highest BCUT2D eigenvalue weighted by atomic mass is 16.6. The maximum atomic E-state index is 12.4. The zero-order valence-corrected chi connectivity index (χ0v) is 22.0. The number of carbonyl (C=O) groups is 1. The largest absolute Gasteiger partial charge is 0.458 e. The van der Waals surface area contributed by atoms with Gasteiger partial charge in [-0.1, -0.05) is 32.3 Å². The van der Waals surface area contributed by atoms with E-state index in [0.717, 1.165) is 38.5 Å². The van der Waals surface area contributed by atoms with Gasteiger partial charge in [-0.25, -0.2) is 0 Å². The SMILES string of the molecule is CC(=O)O[C@]12C[C@H](O)C3=C(CCC4C(C)CCC[C@]34C)C1CCC2CCCC1(C(C)(C)O)CO1. The molecule has 4 aliphatic carbocycles. The molecular formula is C29H46O5. The van der Waals surface area contributed by atoms with Crippen LogP contribution in [0.4, 0.5) is 0 Å². The Bertz CT molecular complexity index is 851. The highest BCUT2D eigenvalue weighted by Gasteiger charge is 2.62. The molecule has 5 unspecified atom stereocenters. The molecule has 0 amide bonds. The maximum absolute atomic E-state index is 12.4. The van der Waals surface area contributed by atoms with Crippen LogP contribution in [0, 0.1) is 29.1 Å². The van der Waals surface area contributed by atoms with E-state index in [4.69, 9.17) is 9.47 Å². The van der Waals surface area contributed by atoms with E-state index in [-0.39, 0.29) is 23.2 Å². The fourth-order valence-electron chi connectivity index (χ4n) is 9.21. The van der Waals surface area contributed by atoms with Gasteiger partial charge in [0.25, 0.3) is 0 Å². The molecule has 2 N–H and O–H groups in total. The average molecular weight is 475 g/mol. The highest BCUT2D eigenvalue weighted by Crippen LogP contribution is 2.64. The molecule has 1 aliphatic heterocycles. The van der Waals surface area contributed by atoms with Crippen molar-refractivity contribution in [3.63, 3.8) is 0 Å². The Balaban J connectivity index is 1.42. The highest BCUT2D eigenvalue weighted by molar-refractivity contribution is 5.67. The molecule has 5 nitrogen and oxygen atoms in total. The third kappa shape index (κ3) is 3.71. The molecule has 0 bridgehead atoms. The van der Waals surface area contributed by atoms with E-state index in [1.165, 1.54) is 43.8 Å². The molecule has 2 saturated carbocycles. The number of aliphatic hydroxyl groups is 2. The molecule has 5 heteroatoms. The zero-order valence-electron chi connectivity index (χ0n) is 22.0. The van der Waals surface area contributed by atoms with Crippen LogP contribution < -0.4 is 0 Å². The fourth-order valence-corrected chi connectivity index (χ4v) is 9.21. The van der Waals surface area contributed by atoms with Crippen LogP contribution in [0.15, 0.2) is 11.1 Å². The Morgan fingerprint density at radius 3 is 2.62 bits per heavy atom. The van der Waals surface area contributed by atoms with Gasteiger partial charge in [0.15, 0.2) is 0 Å². The fraction of sp³-hybridized carbons (Fsp3) is 0.897. The van der Waals surface area contributed by atoms with Crippen LogP contribution >= 0.6 is 0 Å².